The first-order chi connectivity index (χ1) is 16.0. The van der Waals surface area contributed by atoms with Crippen LogP contribution in [-0.4, -0.2) is 41.8 Å². The van der Waals surface area contributed by atoms with Crippen LogP contribution in [0.1, 0.15) is 17.0 Å². The summed E-state index contributed by atoms with van der Waals surface area (Å²) in [5.41, 5.74) is 8.97. The number of aromatic nitrogens is 1. The number of hydrogen-bond donors (Lipinski definition) is 3. The Labute approximate surface area is 193 Å². The van der Waals surface area contributed by atoms with Gasteiger partial charge in [0.25, 0.3) is 0 Å². The zero-order valence-electron chi connectivity index (χ0n) is 18.4. The molecular formula is C26H27N5O2. The SMILES string of the molecule is CN1CC(C(=O)Nc2ccccn2)C(c2ccc(C=CC(=O)Nc3ccccc3N)cc2)C1. The summed E-state index contributed by atoms with van der Waals surface area (Å²) in [6, 6.07) is 20.6. The minimum atomic E-state index is -0.249. The average Bonchev–Trinajstić information content (AvgIpc) is 3.22. The Balaban J connectivity index is 1.41. The third kappa shape index (κ3) is 5.64. The summed E-state index contributed by atoms with van der Waals surface area (Å²) in [7, 11) is 2.02. The molecule has 2 atom stereocenters. The van der Waals surface area contributed by atoms with Crippen LogP contribution in [0.5, 0.6) is 0 Å². The maximum Gasteiger partial charge on any atom is 0.248 e. The van der Waals surface area contributed by atoms with Crippen molar-refractivity contribution < 1.29 is 9.59 Å². The van der Waals surface area contributed by atoms with Gasteiger partial charge in [-0.2, -0.15) is 0 Å². The molecule has 1 fully saturated rings. The van der Waals surface area contributed by atoms with E-state index in [2.05, 4.69) is 20.5 Å². The van der Waals surface area contributed by atoms with Gasteiger partial charge >= 0.3 is 0 Å². The van der Waals surface area contributed by atoms with Crippen molar-refractivity contribution in [3.63, 3.8) is 0 Å². The van der Waals surface area contributed by atoms with E-state index >= 15 is 0 Å². The lowest BCUT2D eigenvalue weighted by Crippen LogP contribution is -2.28. The third-order valence-corrected chi connectivity index (χ3v) is 5.77. The molecule has 7 nitrogen and oxygen atoms in total. The van der Waals surface area contributed by atoms with Crippen molar-refractivity contribution in [1.29, 1.82) is 0 Å². The van der Waals surface area contributed by atoms with E-state index in [9.17, 15) is 9.59 Å². The van der Waals surface area contributed by atoms with Crippen molar-refractivity contribution in [3.8, 4) is 0 Å². The lowest BCUT2D eigenvalue weighted by atomic mass is 9.88. The molecule has 7 heteroatoms. The number of likely N-dealkylation sites (N-methyl/N-ethyl adjacent to an activating group) is 1. The highest BCUT2D eigenvalue weighted by atomic mass is 16.2. The number of nitrogens with zero attached hydrogens (tertiary/aromatic N) is 2. The fraction of sp³-hybridized carbons (Fsp3) is 0.192. The summed E-state index contributed by atoms with van der Waals surface area (Å²) in [4.78, 5) is 31.5. The second kappa shape index (κ2) is 10.1. The Morgan fingerprint density at radius 1 is 1.00 bits per heavy atom. The zero-order valence-corrected chi connectivity index (χ0v) is 18.4. The van der Waals surface area contributed by atoms with Gasteiger partial charge in [-0.3, -0.25) is 9.59 Å². The number of hydrogen-bond acceptors (Lipinski definition) is 5. The molecule has 2 unspecified atom stereocenters. The van der Waals surface area contributed by atoms with E-state index in [4.69, 9.17) is 5.73 Å². The van der Waals surface area contributed by atoms with Gasteiger partial charge in [-0.25, -0.2) is 4.98 Å². The molecule has 1 aliphatic rings. The number of pyridine rings is 1. The van der Waals surface area contributed by atoms with E-state index in [0.29, 0.717) is 23.7 Å². The molecule has 1 aliphatic heterocycles. The van der Waals surface area contributed by atoms with E-state index in [1.807, 2.05) is 55.6 Å². The Morgan fingerprint density at radius 2 is 1.76 bits per heavy atom. The van der Waals surface area contributed by atoms with Crippen LogP contribution in [0, 0.1) is 5.92 Å². The fourth-order valence-electron chi connectivity index (χ4n) is 4.07. The van der Waals surface area contributed by atoms with Crippen molar-refractivity contribution in [2.45, 2.75) is 5.92 Å². The molecule has 1 saturated heterocycles. The largest absolute Gasteiger partial charge is 0.397 e. The Hall–Kier alpha value is -3.97. The van der Waals surface area contributed by atoms with Gasteiger partial charge in [0.2, 0.25) is 11.8 Å². The topological polar surface area (TPSA) is 100 Å². The van der Waals surface area contributed by atoms with Crippen LogP contribution in [0.3, 0.4) is 0 Å². The number of nitrogens with one attached hydrogen (secondary N) is 2. The number of likely N-dealkylation sites (tertiary alicyclic amines) is 1. The van der Waals surface area contributed by atoms with Crippen LogP contribution in [0.25, 0.3) is 6.08 Å². The lowest BCUT2D eigenvalue weighted by molar-refractivity contribution is -0.120. The molecule has 0 aliphatic carbocycles. The molecule has 3 aromatic rings. The normalized spacial score (nSPS) is 18.3. The third-order valence-electron chi connectivity index (χ3n) is 5.77. The Morgan fingerprint density at radius 3 is 2.48 bits per heavy atom. The van der Waals surface area contributed by atoms with Gasteiger partial charge in [0.05, 0.1) is 17.3 Å². The maximum absolute atomic E-state index is 12.9. The highest BCUT2D eigenvalue weighted by Crippen LogP contribution is 2.33. The van der Waals surface area contributed by atoms with Crippen LogP contribution < -0.4 is 16.4 Å². The van der Waals surface area contributed by atoms with Crippen molar-refractivity contribution >= 4 is 35.1 Å². The summed E-state index contributed by atoms with van der Waals surface area (Å²) in [5, 5.41) is 5.70. The molecule has 2 aromatic carbocycles. The molecule has 168 valence electrons. The Bertz CT molecular complexity index is 1140. The van der Waals surface area contributed by atoms with Gasteiger partial charge in [0, 0.05) is 31.3 Å². The molecule has 33 heavy (non-hydrogen) atoms. The summed E-state index contributed by atoms with van der Waals surface area (Å²) >= 11 is 0. The molecular weight excluding hydrogens is 414 g/mol. The van der Waals surface area contributed by atoms with Crippen LogP contribution in [-0.2, 0) is 9.59 Å². The molecule has 0 bridgehead atoms. The van der Waals surface area contributed by atoms with Gasteiger partial charge in [-0.15, -0.1) is 0 Å². The van der Waals surface area contributed by atoms with E-state index in [-0.39, 0.29) is 23.7 Å². The zero-order chi connectivity index (χ0) is 23.2. The lowest BCUT2D eigenvalue weighted by Gasteiger charge is -2.18. The second-order valence-corrected chi connectivity index (χ2v) is 8.21. The number of carbonyl (C=O) groups excluding carboxylic acids is 2. The van der Waals surface area contributed by atoms with Gasteiger partial charge in [0.1, 0.15) is 5.82 Å². The number of anilines is 3. The number of nitrogen functional groups attached to an aromatic ring is 1. The molecule has 1 aromatic heterocycles. The molecule has 2 amide bonds. The summed E-state index contributed by atoms with van der Waals surface area (Å²) < 4.78 is 0. The van der Waals surface area contributed by atoms with Crippen molar-refractivity contribution in [1.82, 2.24) is 9.88 Å². The number of carbonyl (C=O) groups is 2. The fourth-order valence-corrected chi connectivity index (χ4v) is 4.07. The highest BCUT2D eigenvalue weighted by molar-refractivity contribution is 6.03. The first kappa shape index (κ1) is 22.2. The molecule has 2 heterocycles. The van der Waals surface area contributed by atoms with E-state index in [0.717, 1.165) is 17.7 Å². The summed E-state index contributed by atoms with van der Waals surface area (Å²) in [5.74, 6) is 0.206. The van der Waals surface area contributed by atoms with E-state index in [1.165, 1.54) is 6.08 Å². The van der Waals surface area contributed by atoms with Gasteiger partial charge in [-0.1, -0.05) is 42.5 Å². The van der Waals surface area contributed by atoms with Gasteiger partial charge < -0.3 is 21.3 Å². The van der Waals surface area contributed by atoms with Crippen molar-refractivity contribution in [3.05, 3.63) is 90.1 Å². The number of para-hydroxylation sites is 2. The predicted molar refractivity (Wildman–Crippen MR) is 132 cm³/mol. The summed E-state index contributed by atoms with van der Waals surface area (Å²) in [6.45, 7) is 1.49. The van der Waals surface area contributed by atoms with Crippen LogP contribution >= 0.6 is 0 Å². The summed E-state index contributed by atoms with van der Waals surface area (Å²) in [6.07, 6.45) is 4.90. The standard InChI is InChI=1S/C26H27N5O2/c1-31-16-20(21(17-31)26(33)30-24-8-4-5-15-28-24)19-12-9-18(10-13-19)11-14-25(32)29-23-7-3-2-6-22(23)27/h2-15,20-21H,16-17,27H2,1H3,(H,29,32)(H,28,30,33). The Kier molecular flexibility index (Phi) is 6.80. The van der Waals surface area contributed by atoms with E-state index in [1.54, 1.807) is 30.5 Å². The van der Waals surface area contributed by atoms with Crippen LogP contribution in [0.4, 0.5) is 17.2 Å². The smallest absolute Gasteiger partial charge is 0.248 e. The predicted octanol–water partition coefficient (Wildman–Crippen LogP) is 3.60. The quantitative estimate of drug-likeness (QED) is 0.401. The second-order valence-electron chi connectivity index (χ2n) is 8.21. The monoisotopic (exact) mass is 441 g/mol. The molecule has 4 N–H and O–H groups in total. The molecule has 0 radical (unpaired) electrons. The van der Waals surface area contributed by atoms with Crippen molar-refractivity contribution in [2.24, 2.45) is 5.92 Å². The van der Waals surface area contributed by atoms with Gasteiger partial charge in [0.15, 0.2) is 0 Å². The average molecular weight is 442 g/mol. The first-order valence-electron chi connectivity index (χ1n) is 10.8. The van der Waals surface area contributed by atoms with Crippen molar-refractivity contribution in [2.75, 3.05) is 36.5 Å². The number of rotatable bonds is 6. The van der Waals surface area contributed by atoms with Gasteiger partial charge in [-0.05, 0) is 48.5 Å². The number of amides is 2. The number of nitrogens with two attached hydrogens (primary N) is 1. The number of benzene rings is 2. The molecule has 0 saturated carbocycles. The highest BCUT2D eigenvalue weighted by Gasteiger charge is 2.37. The van der Waals surface area contributed by atoms with Crippen LogP contribution in [0.2, 0.25) is 0 Å². The minimum Gasteiger partial charge on any atom is -0.397 e. The minimum absolute atomic E-state index is 0.0242. The van der Waals surface area contributed by atoms with Crippen LogP contribution in [0.15, 0.2) is 79.0 Å². The molecule has 0 spiro atoms. The molecule has 4 rings (SSSR count). The maximum atomic E-state index is 12.9. The van der Waals surface area contributed by atoms with E-state index < -0.39 is 0 Å². The first-order valence-corrected chi connectivity index (χ1v) is 10.8.